The molecule has 2 atom stereocenters. The van der Waals surface area contributed by atoms with Crippen molar-refractivity contribution in [2.45, 2.75) is 46.6 Å². The molecular weight excluding hydrogens is 357 g/mol. The van der Waals surface area contributed by atoms with Gasteiger partial charge < -0.3 is 9.47 Å². The van der Waals surface area contributed by atoms with Crippen LogP contribution in [-0.2, 0) is 28.7 Å². The van der Waals surface area contributed by atoms with Crippen LogP contribution in [0.1, 0.15) is 40.5 Å². The number of carbonyl (C=O) groups excluding carboxylic acids is 4. The van der Waals surface area contributed by atoms with Gasteiger partial charge in [-0.2, -0.15) is 4.39 Å². The van der Waals surface area contributed by atoms with E-state index in [-0.39, 0.29) is 6.10 Å². The van der Waals surface area contributed by atoms with Crippen LogP contribution < -0.4 is 0 Å². The second-order valence-electron chi connectivity index (χ2n) is 7.82. The number of rotatable bonds is 6. The average molecular weight is 379 g/mol. The number of allylic oxidation sites excluding steroid dienone is 1. The summed E-state index contributed by atoms with van der Waals surface area (Å²) in [6, 6.07) is 0. The molecule has 2 amide bonds. The Balaban J connectivity index is 1.58. The lowest BCUT2D eigenvalue weighted by Crippen LogP contribution is -2.35. The number of hydrogen-bond acceptors (Lipinski definition) is 6. The Morgan fingerprint density at radius 1 is 1.19 bits per heavy atom. The monoisotopic (exact) mass is 379 g/mol. The van der Waals surface area contributed by atoms with Gasteiger partial charge in [0.15, 0.2) is 6.73 Å². The zero-order chi connectivity index (χ0) is 20.1. The highest BCUT2D eigenvalue weighted by Gasteiger charge is 2.62. The molecule has 27 heavy (non-hydrogen) atoms. The molecule has 2 fully saturated rings. The van der Waals surface area contributed by atoms with Gasteiger partial charge in [0, 0.05) is 11.1 Å². The quantitative estimate of drug-likeness (QED) is 0.398. The van der Waals surface area contributed by atoms with Crippen LogP contribution in [0, 0.1) is 17.3 Å². The first-order valence-corrected chi connectivity index (χ1v) is 8.84. The van der Waals surface area contributed by atoms with E-state index in [4.69, 9.17) is 9.47 Å². The first kappa shape index (κ1) is 19.3. The number of amides is 2. The highest BCUT2D eigenvalue weighted by Crippen LogP contribution is 2.60. The Morgan fingerprint density at radius 3 is 2.26 bits per heavy atom. The highest BCUT2D eigenvalue weighted by atomic mass is 19.1. The van der Waals surface area contributed by atoms with E-state index in [1.807, 2.05) is 0 Å². The average Bonchev–Trinajstić information content (AvgIpc) is 3.49. The third-order valence-electron chi connectivity index (χ3n) is 5.51. The van der Waals surface area contributed by atoms with Gasteiger partial charge in [0.1, 0.15) is 6.10 Å². The first-order valence-electron chi connectivity index (χ1n) is 8.84. The molecule has 3 aliphatic rings. The number of esters is 2. The summed E-state index contributed by atoms with van der Waals surface area (Å²) in [5.74, 6) is -4.86. The Bertz CT molecular complexity index is 768. The molecule has 0 aromatic heterocycles. The lowest BCUT2D eigenvalue weighted by atomic mass is 10.1. The fourth-order valence-electron chi connectivity index (χ4n) is 3.21. The molecule has 1 heterocycles. The van der Waals surface area contributed by atoms with E-state index in [1.54, 1.807) is 13.8 Å². The van der Waals surface area contributed by atoms with Crippen molar-refractivity contribution in [3.05, 3.63) is 23.0 Å². The molecule has 0 saturated heterocycles. The Morgan fingerprint density at radius 2 is 1.74 bits per heavy atom. The maximum Gasteiger partial charge on any atom is 0.367 e. The molecule has 0 spiro atoms. The van der Waals surface area contributed by atoms with E-state index < -0.39 is 53.6 Å². The summed E-state index contributed by atoms with van der Waals surface area (Å²) in [6.45, 7) is 6.08. The molecule has 3 rings (SSSR count). The SMILES string of the molecule is CC1=C(C)C(=O)N(COC(=O)[C@@H]2[C@H](C=C(F)C(=O)OC3CC3)C2(C)C)C1=O. The van der Waals surface area contributed by atoms with Crippen molar-refractivity contribution < 1.29 is 33.0 Å². The van der Waals surface area contributed by atoms with E-state index in [9.17, 15) is 23.6 Å². The minimum absolute atomic E-state index is 0.208. The highest BCUT2D eigenvalue weighted by molar-refractivity contribution is 6.18. The molecule has 0 unspecified atom stereocenters. The van der Waals surface area contributed by atoms with Crippen molar-refractivity contribution in [3.8, 4) is 0 Å². The Kier molecular flexibility index (Phi) is 4.69. The van der Waals surface area contributed by atoms with Crippen molar-refractivity contribution in [2.24, 2.45) is 17.3 Å². The molecule has 0 bridgehead atoms. The summed E-state index contributed by atoms with van der Waals surface area (Å²) >= 11 is 0. The second-order valence-corrected chi connectivity index (χ2v) is 7.82. The van der Waals surface area contributed by atoms with E-state index in [0.717, 1.165) is 23.8 Å². The van der Waals surface area contributed by atoms with Crippen LogP contribution in [0.4, 0.5) is 4.39 Å². The second kappa shape index (κ2) is 6.58. The largest absolute Gasteiger partial charge is 0.457 e. The van der Waals surface area contributed by atoms with Crippen LogP contribution in [0.25, 0.3) is 0 Å². The fraction of sp³-hybridized carbons (Fsp3) is 0.579. The van der Waals surface area contributed by atoms with Crippen molar-refractivity contribution in [2.75, 3.05) is 6.73 Å². The third kappa shape index (κ3) is 3.52. The molecule has 2 saturated carbocycles. The molecule has 1 aliphatic heterocycles. The summed E-state index contributed by atoms with van der Waals surface area (Å²) in [5.41, 5.74) is 0.0388. The molecule has 0 radical (unpaired) electrons. The van der Waals surface area contributed by atoms with Crippen LogP contribution in [0.15, 0.2) is 23.0 Å². The van der Waals surface area contributed by atoms with E-state index in [1.165, 1.54) is 13.8 Å². The molecular formula is C19H22FNO6. The minimum atomic E-state index is -1.02. The lowest BCUT2D eigenvalue weighted by Gasteiger charge is -2.15. The Labute approximate surface area is 156 Å². The summed E-state index contributed by atoms with van der Waals surface area (Å²) in [4.78, 5) is 48.8. The van der Waals surface area contributed by atoms with Crippen LogP contribution >= 0.6 is 0 Å². The first-order chi connectivity index (χ1) is 12.6. The van der Waals surface area contributed by atoms with Crippen molar-refractivity contribution >= 4 is 23.8 Å². The van der Waals surface area contributed by atoms with Gasteiger partial charge in [-0.05, 0) is 44.1 Å². The van der Waals surface area contributed by atoms with Crippen LogP contribution in [0.5, 0.6) is 0 Å². The summed E-state index contributed by atoms with van der Waals surface area (Å²) < 4.78 is 24.0. The predicted octanol–water partition coefficient (Wildman–Crippen LogP) is 2.02. The topological polar surface area (TPSA) is 90.0 Å². The number of hydrogen-bond donors (Lipinski definition) is 0. The third-order valence-corrected chi connectivity index (χ3v) is 5.51. The number of halogens is 1. The predicted molar refractivity (Wildman–Crippen MR) is 90.3 cm³/mol. The van der Waals surface area contributed by atoms with Gasteiger partial charge in [-0.1, -0.05) is 13.8 Å². The summed E-state index contributed by atoms with van der Waals surface area (Å²) in [5, 5.41) is 0. The van der Waals surface area contributed by atoms with Gasteiger partial charge >= 0.3 is 11.9 Å². The van der Waals surface area contributed by atoms with E-state index in [0.29, 0.717) is 11.1 Å². The lowest BCUT2D eigenvalue weighted by molar-refractivity contribution is -0.157. The van der Waals surface area contributed by atoms with Gasteiger partial charge in [-0.25, -0.2) is 9.69 Å². The van der Waals surface area contributed by atoms with Gasteiger partial charge in [0.2, 0.25) is 5.83 Å². The molecule has 7 nitrogen and oxygen atoms in total. The van der Waals surface area contributed by atoms with Crippen molar-refractivity contribution in [1.29, 1.82) is 0 Å². The zero-order valence-electron chi connectivity index (χ0n) is 15.7. The van der Waals surface area contributed by atoms with Crippen molar-refractivity contribution in [3.63, 3.8) is 0 Å². The number of carbonyl (C=O) groups is 4. The molecule has 146 valence electrons. The van der Waals surface area contributed by atoms with E-state index in [2.05, 4.69) is 0 Å². The van der Waals surface area contributed by atoms with Crippen molar-refractivity contribution in [1.82, 2.24) is 4.90 Å². The van der Waals surface area contributed by atoms with Gasteiger partial charge in [0.05, 0.1) is 5.92 Å². The summed E-state index contributed by atoms with van der Waals surface area (Å²) in [7, 11) is 0. The molecule has 0 aromatic carbocycles. The maximum atomic E-state index is 14.0. The number of ether oxygens (including phenoxy) is 2. The normalized spacial score (nSPS) is 27.1. The minimum Gasteiger partial charge on any atom is -0.457 e. The molecule has 0 aromatic rings. The van der Waals surface area contributed by atoms with Crippen LogP contribution in [-0.4, -0.2) is 41.5 Å². The van der Waals surface area contributed by atoms with Gasteiger partial charge in [-0.3, -0.25) is 14.4 Å². The summed E-state index contributed by atoms with van der Waals surface area (Å²) in [6.07, 6.45) is 2.37. The van der Waals surface area contributed by atoms with Crippen LogP contribution in [0.3, 0.4) is 0 Å². The number of imide groups is 1. The fourth-order valence-corrected chi connectivity index (χ4v) is 3.21. The number of nitrogens with zero attached hydrogens (tertiary/aromatic N) is 1. The standard InChI is InChI=1S/C19H22FNO6/c1-9-10(2)16(23)21(15(9)22)8-26-18(25)14-12(19(14,3)4)7-13(20)17(24)27-11-5-6-11/h7,11-12,14H,5-6,8H2,1-4H3/t12-,14-/m0/s1. The molecule has 8 heteroatoms. The van der Waals surface area contributed by atoms with Gasteiger partial charge in [0.25, 0.3) is 11.8 Å². The van der Waals surface area contributed by atoms with Gasteiger partial charge in [-0.15, -0.1) is 0 Å². The smallest absolute Gasteiger partial charge is 0.367 e. The maximum absolute atomic E-state index is 14.0. The Hall–Kier alpha value is -2.51. The van der Waals surface area contributed by atoms with Crippen LogP contribution in [0.2, 0.25) is 0 Å². The zero-order valence-corrected chi connectivity index (χ0v) is 15.7. The molecule has 0 N–H and O–H groups in total. The molecule has 2 aliphatic carbocycles. The van der Waals surface area contributed by atoms with E-state index >= 15 is 0 Å².